The van der Waals surface area contributed by atoms with Gasteiger partial charge < -0.3 is 38.2 Å². The van der Waals surface area contributed by atoms with Crippen LogP contribution < -0.4 is 0 Å². The van der Waals surface area contributed by atoms with Gasteiger partial charge in [-0.1, -0.05) is 84.4 Å². The minimum atomic E-state index is -1.61. The van der Waals surface area contributed by atoms with E-state index >= 15 is 0 Å². The summed E-state index contributed by atoms with van der Waals surface area (Å²) in [7, 11) is 4.67. The predicted molar refractivity (Wildman–Crippen MR) is 204 cm³/mol. The lowest BCUT2D eigenvalue weighted by molar-refractivity contribution is -0.330. The molecule has 1 unspecified atom stereocenters. The second kappa shape index (κ2) is 18.4. The summed E-state index contributed by atoms with van der Waals surface area (Å²) in [5.74, 6) is -3.31. The quantitative estimate of drug-likeness (QED) is 0.173. The molecule has 2 heterocycles. The number of piperidine rings is 1. The fraction of sp³-hybridized carbons (Fsp3) is 0.452. The van der Waals surface area contributed by atoms with Crippen LogP contribution in [0.5, 0.6) is 0 Å². The molecule has 56 heavy (non-hydrogen) atoms. The van der Waals surface area contributed by atoms with E-state index < -0.39 is 65.6 Å². The van der Waals surface area contributed by atoms with Crippen LogP contribution in [0.25, 0.3) is 0 Å². The maximum Gasteiger partial charge on any atom is 0.339 e. The molecule has 0 N–H and O–H groups in total. The number of likely N-dealkylation sites (N-methyl/N-ethyl adjacent to an activating group) is 1. The molecule has 3 aromatic rings. The predicted octanol–water partition coefficient (Wildman–Crippen LogP) is 4.81. The van der Waals surface area contributed by atoms with Crippen molar-refractivity contribution in [2.45, 2.75) is 81.8 Å². The number of amides is 1. The molecule has 5 rings (SSSR count). The molecule has 2 aliphatic rings. The fourth-order valence-corrected chi connectivity index (χ4v) is 7.85. The molecule has 0 aliphatic carbocycles. The SMILES string of the molecule is COC(=O)[C@H]1OC(OC2(c3ccc(Cl)cc3)CCN(CCC(C(=O)N(C)C)(c3ccccc3)c3ccccc3)CC2)[C@H](OC(C)=O)[C@@H](OC(C)=O)[C@@H]1OC(C)=O. The summed E-state index contributed by atoms with van der Waals surface area (Å²) in [6, 6.07) is 26.7. The highest BCUT2D eigenvalue weighted by Gasteiger charge is 2.57. The van der Waals surface area contributed by atoms with Crippen LogP contribution in [0.4, 0.5) is 0 Å². The van der Waals surface area contributed by atoms with Gasteiger partial charge in [0, 0.05) is 53.0 Å². The van der Waals surface area contributed by atoms with Crippen LogP contribution >= 0.6 is 11.6 Å². The number of carbonyl (C=O) groups excluding carboxylic acids is 5. The monoisotopic (exact) mass is 792 g/mol. The number of benzene rings is 3. The first-order valence-corrected chi connectivity index (χ1v) is 18.8. The van der Waals surface area contributed by atoms with Gasteiger partial charge in [-0.15, -0.1) is 0 Å². The number of likely N-dealkylation sites (tertiary alicyclic amines) is 1. The summed E-state index contributed by atoms with van der Waals surface area (Å²) >= 11 is 6.32. The van der Waals surface area contributed by atoms with E-state index in [2.05, 4.69) is 4.90 Å². The van der Waals surface area contributed by atoms with E-state index in [1.54, 1.807) is 31.1 Å². The first-order chi connectivity index (χ1) is 26.7. The van der Waals surface area contributed by atoms with Crippen LogP contribution in [0, 0.1) is 0 Å². The Kier molecular flexibility index (Phi) is 13.9. The molecule has 0 saturated carbocycles. The zero-order valence-electron chi connectivity index (χ0n) is 32.5. The van der Waals surface area contributed by atoms with E-state index in [9.17, 15) is 24.0 Å². The molecule has 2 fully saturated rings. The van der Waals surface area contributed by atoms with Crippen molar-refractivity contribution in [2.24, 2.45) is 0 Å². The van der Waals surface area contributed by atoms with Crippen molar-refractivity contribution >= 4 is 41.4 Å². The van der Waals surface area contributed by atoms with Crippen LogP contribution in [0.1, 0.15) is 56.7 Å². The molecule has 0 spiro atoms. The Balaban J connectivity index is 1.49. The maximum absolute atomic E-state index is 14.3. The average molecular weight is 793 g/mol. The van der Waals surface area contributed by atoms with Gasteiger partial charge in [0.25, 0.3) is 0 Å². The second-order valence-electron chi connectivity index (χ2n) is 14.2. The molecule has 13 nitrogen and oxygen atoms in total. The first kappa shape index (κ1) is 42.3. The Morgan fingerprint density at radius 3 is 1.75 bits per heavy atom. The van der Waals surface area contributed by atoms with Gasteiger partial charge >= 0.3 is 23.9 Å². The number of esters is 4. The largest absolute Gasteiger partial charge is 0.467 e. The Morgan fingerprint density at radius 2 is 1.27 bits per heavy atom. The summed E-state index contributed by atoms with van der Waals surface area (Å²) in [4.78, 5) is 68.5. The van der Waals surface area contributed by atoms with Crippen LogP contribution in [-0.2, 0) is 63.4 Å². The Labute approximate surface area is 332 Å². The van der Waals surface area contributed by atoms with Crippen molar-refractivity contribution in [2.75, 3.05) is 40.8 Å². The van der Waals surface area contributed by atoms with E-state index in [0.717, 1.165) is 44.6 Å². The zero-order valence-corrected chi connectivity index (χ0v) is 33.2. The highest BCUT2D eigenvalue weighted by molar-refractivity contribution is 6.30. The van der Waals surface area contributed by atoms with Crippen molar-refractivity contribution in [3.05, 3.63) is 107 Å². The van der Waals surface area contributed by atoms with E-state index in [4.69, 9.17) is 40.0 Å². The zero-order chi connectivity index (χ0) is 40.6. The summed E-state index contributed by atoms with van der Waals surface area (Å²) < 4.78 is 34.8. The molecule has 1 amide bonds. The number of nitrogens with zero attached hydrogens (tertiary/aromatic N) is 2. The van der Waals surface area contributed by atoms with E-state index in [-0.39, 0.29) is 5.91 Å². The minimum absolute atomic E-state index is 0.0359. The van der Waals surface area contributed by atoms with Crippen molar-refractivity contribution in [3.63, 3.8) is 0 Å². The summed E-state index contributed by atoms with van der Waals surface area (Å²) in [5, 5.41) is 0.502. The third-order valence-corrected chi connectivity index (χ3v) is 10.6. The van der Waals surface area contributed by atoms with Gasteiger partial charge in [-0.25, -0.2) is 4.79 Å². The van der Waals surface area contributed by atoms with Gasteiger partial charge in [-0.3, -0.25) is 19.2 Å². The highest BCUT2D eigenvalue weighted by Crippen LogP contribution is 2.43. The highest BCUT2D eigenvalue weighted by atomic mass is 35.5. The molecule has 14 heteroatoms. The normalized spacial score (nSPS) is 22.3. The smallest absolute Gasteiger partial charge is 0.339 e. The van der Waals surface area contributed by atoms with Gasteiger partial charge in [-0.05, 0) is 54.6 Å². The number of carbonyl (C=O) groups is 5. The molecule has 3 aromatic carbocycles. The summed E-state index contributed by atoms with van der Waals surface area (Å²) in [6.07, 6.45) is -6.32. The summed E-state index contributed by atoms with van der Waals surface area (Å²) in [5.41, 5.74) is 0.448. The van der Waals surface area contributed by atoms with Gasteiger partial charge in [0.05, 0.1) is 12.7 Å². The number of rotatable bonds is 13. The first-order valence-electron chi connectivity index (χ1n) is 18.4. The lowest BCUT2D eigenvalue weighted by Gasteiger charge is -2.49. The molecular weight excluding hydrogens is 744 g/mol. The lowest BCUT2D eigenvalue weighted by atomic mass is 9.70. The van der Waals surface area contributed by atoms with E-state index in [1.807, 2.05) is 72.8 Å². The van der Waals surface area contributed by atoms with Gasteiger partial charge in [0.1, 0.15) is 5.41 Å². The van der Waals surface area contributed by atoms with Crippen LogP contribution in [0.3, 0.4) is 0 Å². The fourth-order valence-electron chi connectivity index (χ4n) is 7.73. The molecular formula is C42H49ClN2O11. The lowest BCUT2D eigenvalue weighted by Crippen LogP contribution is -2.65. The number of halogens is 1. The van der Waals surface area contributed by atoms with Gasteiger partial charge in [0.2, 0.25) is 12.2 Å². The second-order valence-corrected chi connectivity index (χ2v) is 14.7. The number of ether oxygens (including phenoxy) is 6. The topological polar surface area (TPSA) is 147 Å². The number of methoxy groups -OCH3 is 1. The van der Waals surface area contributed by atoms with Crippen molar-refractivity contribution < 1.29 is 52.4 Å². The van der Waals surface area contributed by atoms with Gasteiger partial charge in [-0.2, -0.15) is 0 Å². The maximum atomic E-state index is 14.3. The van der Waals surface area contributed by atoms with E-state index in [1.165, 1.54) is 0 Å². The molecule has 5 atom stereocenters. The molecule has 2 saturated heterocycles. The standard InChI is InChI=1S/C42H49ClN2O11/c1-27(46)52-34-35(53-28(2)47)37(54-29(3)48)39(55-36(34)38(49)51-6)56-41(30-17-19-33(43)20-18-30)21-24-45(25-22-41)26-23-42(40(50)44(4)5,31-13-9-7-10-14-31)32-15-11-8-12-16-32/h7-20,34-37,39H,21-26H2,1-6H3/t34-,35-,36-,37+,39?/m0/s1. The van der Waals surface area contributed by atoms with Crippen LogP contribution in [0.2, 0.25) is 5.02 Å². The van der Waals surface area contributed by atoms with Crippen LogP contribution in [-0.4, -0.2) is 111 Å². The summed E-state index contributed by atoms with van der Waals surface area (Å²) in [6.45, 7) is 4.98. The van der Waals surface area contributed by atoms with E-state index in [0.29, 0.717) is 43.9 Å². The van der Waals surface area contributed by atoms with Crippen molar-refractivity contribution in [1.82, 2.24) is 9.80 Å². The molecule has 300 valence electrons. The Morgan fingerprint density at radius 1 is 0.768 bits per heavy atom. The molecule has 0 radical (unpaired) electrons. The third-order valence-electron chi connectivity index (χ3n) is 10.3. The van der Waals surface area contributed by atoms with Crippen LogP contribution in [0.15, 0.2) is 84.9 Å². The van der Waals surface area contributed by atoms with Gasteiger partial charge in [0.15, 0.2) is 24.4 Å². The Hall–Kier alpha value is -4.82. The molecule has 2 aliphatic heterocycles. The molecule has 0 bridgehead atoms. The molecule has 0 aromatic heterocycles. The average Bonchev–Trinajstić information content (AvgIpc) is 3.18. The number of hydrogen-bond acceptors (Lipinski definition) is 12. The van der Waals surface area contributed by atoms with Crippen molar-refractivity contribution in [3.8, 4) is 0 Å². The minimum Gasteiger partial charge on any atom is -0.467 e. The Bertz CT molecular complexity index is 1790. The third kappa shape index (κ3) is 9.40. The number of hydrogen-bond donors (Lipinski definition) is 0. The van der Waals surface area contributed by atoms with Crippen molar-refractivity contribution in [1.29, 1.82) is 0 Å².